The summed E-state index contributed by atoms with van der Waals surface area (Å²) in [4.78, 5) is 8.15. The van der Waals surface area contributed by atoms with Gasteiger partial charge >= 0.3 is 0 Å². The van der Waals surface area contributed by atoms with Crippen molar-refractivity contribution < 1.29 is 9.84 Å². The van der Waals surface area contributed by atoms with Crippen LogP contribution in [0.15, 0.2) is 18.2 Å². The van der Waals surface area contributed by atoms with Gasteiger partial charge in [-0.15, -0.1) is 5.10 Å². The summed E-state index contributed by atoms with van der Waals surface area (Å²) < 4.78 is 7.39. The average molecular weight is 427 g/mol. The van der Waals surface area contributed by atoms with Crippen LogP contribution in [0.4, 0.5) is 0 Å². The summed E-state index contributed by atoms with van der Waals surface area (Å²) >= 11 is 13.9. The van der Waals surface area contributed by atoms with E-state index >= 15 is 0 Å². The number of ether oxygens (including phenoxy) is 1. The van der Waals surface area contributed by atoms with Crippen molar-refractivity contribution in [2.75, 3.05) is 13.1 Å². The quantitative estimate of drug-likeness (QED) is 0.675. The maximum absolute atomic E-state index is 10.9. The molecule has 3 aromatic rings. The van der Waals surface area contributed by atoms with Gasteiger partial charge in [-0.2, -0.15) is 4.52 Å². The summed E-state index contributed by atoms with van der Waals surface area (Å²) in [5.74, 6) is 0.737. The van der Waals surface area contributed by atoms with Crippen LogP contribution in [0.2, 0.25) is 10.0 Å². The van der Waals surface area contributed by atoms with Crippen LogP contribution < -0.4 is 0 Å². The zero-order chi connectivity index (χ0) is 19.3. The standard InChI is InChI=1S/C18H20Cl2N4O2S/c1-9-7-23(8-10(2)26-9)15(12-4-5-13(19)14(20)6-12)16-17(25)24-18(27-16)21-11(3)22-24/h4-6,9-10,15,25H,7-8H2,1-3H3. The first-order valence-electron chi connectivity index (χ1n) is 8.73. The maximum atomic E-state index is 10.9. The predicted octanol–water partition coefficient (Wildman–Crippen LogP) is 4.31. The third-order valence-corrected chi connectivity index (χ3v) is 6.44. The molecule has 9 heteroatoms. The van der Waals surface area contributed by atoms with Gasteiger partial charge in [-0.3, -0.25) is 4.90 Å². The molecule has 1 saturated heterocycles. The fourth-order valence-electron chi connectivity index (χ4n) is 3.67. The summed E-state index contributed by atoms with van der Waals surface area (Å²) in [5.41, 5.74) is 0.960. The van der Waals surface area contributed by atoms with E-state index in [4.69, 9.17) is 27.9 Å². The van der Waals surface area contributed by atoms with Crippen LogP contribution in [-0.2, 0) is 4.74 Å². The predicted molar refractivity (Wildman–Crippen MR) is 107 cm³/mol. The Morgan fingerprint density at radius 3 is 2.56 bits per heavy atom. The molecule has 0 bridgehead atoms. The minimum atomic E-state index is -0.192. The molecule has 3 atom stereocenters. The molecule has 3 heterocycles. The van der Waals surface area contributed by atoms with Gasteiger partial charge in [0.15, 0.2) is 0 Å². The van der Waals surface area contributed by atoms with Crippen molar-refractivity contribution in [3.63, 3.8) is 0 Å². The molecule has 144 valence electrons. The molecule has 0 saturated carbocycles. The summed E-state index contributed by atoms with van der Waals surface area (Å²) in [6, 6.07) is 5.41. The minimum absolute atomic E-state index is 0.0885. The summed E-state index contributed by atoms with van der Waals surface area (Å²) in [7, 11) is 0. The Labute approximate surface area is 171 Å². The number of hydrogen-bond acceptors (Lipinski definition) is 6. The van der Waals surface area contributed by atoms with E-state index in [2.05, 4.69) is 28.8 Å². The van der Waals surface area contributed by atoms with Crippen LogP contribution in [0.1, 0.15) is 36.2 Å². The van der Waals surface area contributed by atoms with E-state index in [1.54, 1.807) is 13.0 Å². The Hall–Kier alpha value is -1.38. The highest BCUT2D eigenvalue weighted by molar-refractivity contribution is 7.17. The van der Waals surface area contributed by atoms with Gasteiger partial charge in [0.2, 0.25) is 10.8 Å². The first-order valence-corrected chi connectivity index (χ1v) is 10.3. The minimum Gasteiger partial charge on any atom is -0.492 e. The number of rotatable bonds is 3. The number of aryl methyl sites for hydroxylation is 1. The number of aromatic hydroxyl groups is 1. The number of benzene rings is 1. The van der Waals surface area contributed by atoms with Gasteiger partial charge < -0.3 is 9.84 Å². The van der Waals surface area contributed by atoms with Gasteiger partial charge in [-0.05, 0) is 38.5 Å². The molecular formula is C18H20Cl2N4O2S. The van der Waals surface area contributed by atoms with Crippen LogP contribution in [0.25, 0.3) is 4.96 Å². The monoisotopic (exact) mass is 426 g/mol. The van der Waals surface area contributed by atoms with E-state index in [0.717, 1.165) is 23.5 Å². The molecule has 0 amide bonds. The van der Waals surface area contributed by atoms with Crippen LogP contribution in [-0.4, -0.2) is 49.9 Å². The maximum Gasteiger partial charge on any atom is 0.230 e. The van der Waals surface area contributed by atoms with Gasteiger partial charge in [0.25, 0.3) is 0 Å². The van der Waals surface area contributed by atoms with Crippen molar-refractivity contribution in [2.45, 2.75) is 39.0 Å². The van der Waals surface area contributed by atoms with E-state index in [9.17, 15) is 5.11 Å². The van der Waals surface area contributed by atoms with Crippen molar-refractivity contribution in [2.24, 2.45) is 0 Å². The smallest absolute Gasteiger partial charge is 0.230 e. The number of morpholine rings is 1. The molecule has 3 unspecified atom stereocenters. The summed E-state index contributed by atoms with van der Waals surface area (Å²) in [6.45, 7) is 7.39. The fraction of sp³-hybridized carbons (Fsp3) is 0.444. The van der Waals surface area contributed by atoms with Crippen molar-refractivity contribution >= 4 is 39.5 Å². The average Bonchev–Trinajstić information content (AvgIpc) is 3.08. The molecule has 1 aliphatic heterocycles. The van der Waals surface area contributed by atoms with E-state index in [1.807, 2.05) is 12.1 Å². The summed E-state index contributed by atoms with van der Waals surface area (Å²) in [6.07, 6.45) is 0.177. The van der Waals surface area contributed by atoms with Crippen LogP contribution >= 0.6 is 34.5 Å². The first-order chi connectivity index (χ1) is 12.8. The topological polar surface area (TPSA) is 62.9 Å². The second kappa shape index (κ2) is 7.22. The van der Waals surface area contributed by atoms with Gasteiger partial charge in [0.1, 0.15) is 5.82 Å². The summed E-state index contributed by atoms with van der Waals surface area (Å²) in [5, 5.41) is 16.2. The second-order valence-electron chi connectivity index (χ2n) is 6.93. The highest BCUT2D eigenvalue weighted by atomic mass is 35.5. The Morgan fingerprint density at radius 1 is 1.22 bits per heavy atom. The Kier molecular flexibility index (Phi) is 5.07. The number of hydrogen-bond donors (Lipinski definition) is 1. The normalized spacial score (nSPS) is 22.4. The molecule has 0 spiro atoms. The SMILES string of the molecule is Cc1nc2sc(C(c3ccc(Cl)c(Cl)c3)N3CC(C)OC(C)C3)c(O)n2n1. The number of aromatic nitrogens is 3. The lowest BCUT2D eigenvalue weighted by molar-refractivity contribution is -0.0764. The van der Waals surface area contributed by atoms with Gasteiger partial charge in [-0.1, -0.05) is 40.6 Å². The zero-order valence-corrected chi connectivity index (χ0v) is 17.5. The lowest BCUT2D eigenvalue weighted by atomic mass is 10.0. The van der Waals surface area contributed by atoms with Crippen LogP contribution in [0.5, 0.6) is 5.88 Å². The lowest BCUT2D eigenvalue weighted by Crippen LogP contribution is -2.47. The van der Waals surface area contributed by atoms with Crippen molar-refractivity contribution in [1.82, 2.24) is 19.5 Å². The molecular weight excluding hydrogens is 407 g/mol. The second-order valence-corrected chi connectivity index (χ2v) is 8.75. The number of halogens is 2. The molecule has 27 heavy (non-hydrogen) atoms. The molecule has 0 radical (unpaired) electrons. The molecule has 6 nitrogen and oxygen atoms in total. The first kappa shape index (κ1) is 19.0. The third kappa shape index (κ3) is 3.54. The van der Waals surface area contributed by atoms with Crippen molar-refractivity contribution in [3.05, 3.63) is 44.5 Å². The largest absolute Gasteiger partial charge is 0.492 e. The van der Waals surface area contributed by atoms with E-state index in [-0.39, 0.29) is 24.1 Å². The Bertz CT molecular complexity index is 979. The van der Waals surface area contributed by atoms with Gasteiger partial charge in [0, 0.05) is 13.1 Å². The van der Waals surface area contributed by atoms with E-state index in [0.29, 0.717) is 20.8 Å². The Morgan fingerprint density at radius 2 is 1.93 bits per heavy atom. The highest BCUT2D eigenvalue weighted by Crippen LogP contribution is 2.42. The third-order valence-electron chi connectivity index (χ3n) is 4.63. The van der Waals surface area contributed by atoms with E-state index < -0.39 is 0 Å². The number of thiazole rings is 1. The van der Waals surface area contributed by atoms with E-state index in [1.165, 1.54) is 15.9 Å². The Balaban J connectivity index is 1.85. The number of nitrogens with zero attached hydrogens (tertiary/aromatic N) is 4. The molecule has 4 rings (SSSR count). The van der Waals surface area contributed by atoms with Gasteiger partial charge in [-0.25, -0.2) is 4.98 Å². The van der Waals surface area contributed by atoms with Crippen LogP contribution in [0, 0.1) is 6.92 Å². The lowest BCUT2D eigenvalue weighted by Gasteiger charge is -2.40. The molecule has 1 N–H and O–H groups in total. The molecule has 1 aliphatic rings. The molecule has 1 aromatic carbocycles. The van der Waals surface area contributed by atoms with Crippen molar-refractivity contribution in [1.29, 1.82) is 0 Å². The zero-order valence-electron chi connectivity index (χ0n) is 15.2. The van der Waals surface area contributed by atoms with Gasteiger partial charge in [0.05, 0.1) is 33.2 Å². The molecule has 1 fully saturated rings. The van der Waals surface area contributed by atoms with Crippen molar-refractivity contribution in [3.8, 4) is 5.88 Å². The number of fused-ring (bicyclic) bond motifs is 1. The highest BCUT2D eigenvalue weighted by Gasteiger charge is 2.34. The molecule has 0 aliphatic carbocycles. The molecule has 2 aromatic heterocycles. The van der Waals surface area contributed by atoms with Crippen LogP contribution in [0.3, 0.4) is 0 Å². The fourth-order valence-corrected chi connectivity index (χ4v) is 5.13.